The minimum Gasteiger partial charge on any atom is -0.466 e. The number of rotatable bonds is 4. The molecular weight excluding hydrogens is 325 g/mol. The number of halogens is 3. The van der Waals surface area contributed by atoms with Gasteiger partial charge in [-0.3, -0.25) is 14.2 Å². The summed E-state index contributed by atoms with van der Waals surface area (Å²) in [5.41, 5.74) is 0.253. The summed E-state index contributed by atoms with van der Waals surface area (Å²) in [6.07, 6.45) is -2.71. The number of nitrogens with zero attached hydrogens (tertiary/aromatic N) is 4. The second kappa shape index (κ2) is 6.06. The van der Waals surface area contributed by atoms with Crippen LogP contribution < -0.4 is 0 Å². The van der Waals surface area contributed by atoms with Gasteiger partial charge in [0.15, 0.2) is 5.65 Å². The van der Waals surface area contributed by atoms with Crippen LogP contribution in [0.3, 0.4) is 0 Å². The van der Waals surface area contributed by atoms with Gasteiger partial charge >= 0.3 is 12.1 Å². The lowest BCUT2D eigenvalue weighted by Crippen LogP contribution is -2.08. The molecule has 126 valence electrons. The zero-order chi connectivity index (χ0) is 17.3. The summed E-state index contributed by atoms with van der Waals surface area (Å²) in [5, 5.41) is 7.93. The highest BCUT2D eigenvalue weighted by Gasteiger charge is 2.30. The average Bonchev–Trinajstić information content (AvgIpc) is 2.95. The Labute approximate surface area is 134 Å². The second-order valence-corrected chi connectivity index (χ2v) is 5.07. The van der Waals surface area contributed by atoms with Gasteiger partial charge in [0.25, 0.3) is 0 Å². The van der Waals surface area contributed by atoms with Gasteiger partial charge < -0.3 is 4.74 Å². The van der Waals surface area contributed by atoms with Crippen molar-refractivity contribution in [3.05, 3.63) is 35.8 Å². The summed E-state index contributed by atoms with van der Waals surface area (Å²) >= 11 is 0. The molecule has 0 aliphatic heterocycles. The number of aryl methyl sites for hydroxylation is 1. The zero-order valence-corrected chi connectivity index (χ0v) is 12.7. The van der Waals surface area contributed by atoms with Crippen molar-refractivity contribution >= 4 is 22.6 Å². The number of hydrogen-bond donors (Lipinski definition) is 0. The maximum atomic E-state index is 12.8. The fraction of sp³-hybridized carbons (Fsp3) is 0.333. The van der Waals surface area contributed by atoms with Crippen LogP contribution in [0.4, 0.5) is 13.2 Å². The number of fused-ring (bicyclic) bond motifs is 3. The molecule has 0 radical (unpaired) electrons. The number of hydrogen-bond acceptors (Lipinski definition) is 5. The number of carbonyl (C=O) groups is 1. The molecule has 0 amide bonds. The van der Waals surface area contributed by atoms with Gasteiger partial charge in [-0.15, -0.1) is 10.2 Å². The predicted molar refractivity (Wildman–Crippen MR) is 78.2 cm³/mol. The molecule has 0 saturated heterocycles. The third-order valence-corrected chi connectivity index (χ3v) is 3.48. The Morgan fingerprint density at radius 1 is 1.29 bits per heavy atom. The molecule has 6 nitrogen and oxygen atoms in total. The maximum absolute atomic E-state index is 12.8. The van der Waals surface area contributed by atoms with E-state index in [1.54, 1.807) is 11.3 Å². The molecule has 2 heterocycles. The maximum Gasteiger partial charge on any atom is 0.416 e. The Bertz CT molecular complexity index is 905. The second-order valence-electron chi connectivity index (χ2n) is 5.07. The van der Waals surface area contributed by atoms with Crippen LogP contribution in [-0.4, -0.2) is 32.2 Å². The summed E-state index contributed by atoms with van der Waals surface area (Å²) in [7, 11) is 0. The molecule has 3 aromatic rings. The van der Waals surface area contributed by atoms with E-state index in [0.29, 0.717) is 17.0 Å². The molecule has 3 rings (SSSR count). The van der Waals surface area contributed by atoms with E-state index in [0.717, 1.165) is 12.1 Å². The third-order valence-electron chi connectivity index (χ3n) is 3.48. The van der Waals surface area contributed by atoms with E-state index < -0.39 is 11.7 Å². The number of alkyl halides is 3. The van der Waals surface area contributed by atoms with Gasteiger partial charge in [0.1, 0.15) is 5.82 Å². The highest BCUT2D eigenvalue weighted by atomic mass is 19.4. The van der Waals surface area contributed by atoms with Crippen LogP contribution >= 0.6 is 0 Å². The van der Waals surface area contributed by atoms with E-state index in [4.69, 9.17) is 4.74 Å². The van der Waals surface area contributed by atoms with Crippen LogP contribution in [0.1, 0.15) is 24.7 Å². The van der Waals surface area contributed by atoms with E-state index in [-0.39, 0.29) is 30.9 Å². The van der Waals surface area contributed by atoms with Crippen LogP contribution in [0.25, 0.3) is 16.7 Å². The number of esters is 1. The number of ether oxygens (including phenoxy) is 1. The molecule has 0 atom stereocenters. The Hall–Kier alpha value is -2.71. The van der Waals surface area contributed by atoms with Crippen LogP contribution in [0, 0.1) is 0 Å². The monoisotopic (exact) mass is 338 g/mol. The largest absolute Gasteiger partial charge is 0.466 e. The molecule has 0 aliphatic rings. The molecule has 0 N–H and O–H groups in total. The van der Waals surface area contributed by atoms with Gasteiger partial charge in [-0.1, -0.05) is 0 Å². The molecule has 0 aliphatic carbocycles. The fourth-order valence-corrected chi connectivity index (χ4v) is 2.40. The van der Waals surface area contributed by atoms with E-state index in [2.05, 4.69) is 15.2 Å². The van der Waals surface area contributed by atoms with E-state index in [1.165, 1.54) is 12.3 Å². The molecule has 9 heteroatoms. The van der Waals surface area contributed by atoms with Crippen molar-refractivity contribution in [2.75, 3.05) is 6.61 Å². The van der Waals surface area contributed by atoms with Crippen molar-refractivity contribution in [3.63, 3.8) is 0 Å². The first-order valence-electron chi connectivity index (χ1n) is 7.25. The van der Waals surface area contributed by atoms with Gasteiger partial charge in [-0.2, -0.15) is 13.2 Å². The Balaban J connectivity index is 2.03. The van der Waals surface area contributed by atoms with Gasteiger partial charge in [0, 0.05) is 6.42 Å². The molecule has 2 aromatic heterocycles. The highest BCUT2D eigenvalue weighted by Crippen LogP contribution is 2.31. The first kappa shape index (κ1) is 16.2. The topological polar surface area (TPSA) is 69.4 Å². The van der Waals surface area contributed by atoms with Crippen molar-refractivity contribution in [1.82, 2.24) is 19.6 Å². The fourth-order valence-electron chi connectivity index (χ4n) is 2.40. The summed E-state index contributed by atoms with van der Waals surface area (Å²) in [6, 6.07) is 3.29. The summed E-state index contributed by atoms with van der Waals surface area (Å²) in [5.74, 6) is 0.0946. The van der Waals surface area contributed by atoms with Crippen molar-refractivity contribution < 1.29 is 22.7 Å². The van der Waals surface area contributed by atoms with Gasteiger partial charge in [0.05, 0.1) is 35.8 Å². The molecular formula is C15H13F3N4O2. The first-order chi connectivity index (χ1) is 11.4. The number of aromatic nitrogens is 4. The molecule has 0 fully saturated rings. The van der Waals surface area contributed by atoms with Gasteiger partial charge in [0.2, 0.25) is 0 Å². The van der Waals surface area contributed by atoms with Crippen LogP contribution in [0.2, 0.25) is 0 Å². The zero-order valence-electron chi connectivity index (χ0n) is 12.7. The van der Waals surface area contributed by atoms with Crippen molar-refractivity contribution in [1.29, 1.82) is 0 Å². The summed E-state index contributed by atoms with van der Waals surface area (Å²) < 4.78 is 44.9. The van der Waals surface area contributed by atoms with Crippen LogP contribution in [0.5, 0.6) is 0 Å². The minimum atomic E-state index is -4.44. The minimum absolute atomic E-state index is 0.110. The van der Waals surface area contributed by atoms with Crippen molar-refractivity contribution in [2.24, 2.45) is 0 Å². The molecule has 0 bridgehead atoms. The Morgan fingerprint density at radius 2 is 2.08 bits per heavy atom. The van der Waals surface area contributed by atoms with Crippen LogP contribution in [0.15, 0.2) is 24.4 Å². The van der Waals surface area contributed by atoms with E-state index in [9.17, 15) is 18.0 Å². The predicted octanol–water partition coefficient (Wildman–Crippen LogP) is 2.79. The quantitative estimate of drug-likeness (QED) is 0.684. The average molecular weight is 338 g/mol. The lowest BCUT2D eigenvalue weighted by Gasteiger charge is -2.09. The van der Waals surface area contributed by atoms with Gasteiger partial charge in [-0.25, -0.2) is 0 Å². The Morgan fingerprint density at radius 3 is 2.79 bits per heavy atom. The van der Waals surface area contributed by atoms with Crippen molar-refractivity contribution in [2.45, 2.75) is 25.9 Å². The summed E-state index contributed by atoms with van der Waals surface area (Å²) in [4.78, 5) is 15.5. The lowest BCUT2D eigenvalue weighted by atomic mass is 10.2. The SMILES string of the molecule is CCOC(=O)CCc1nnc2cnc3cc(C(F)(F)F)ccc3n12. The lowest BCUT2D eigenvalue weighted by molar-refractivity contribution is -0.143. The normalized spacial score (nSPS) is 12.0. The number of carbonyl (C=O) groups excluding carboxylic acids is 1. The van der Waals surface area contributed by atoms with Crippen LogP contribution in [-0.2, 0) is 22.1 Å². The number of benzene rings is 1. The van der Waals surface area contributed by atoms with E-state index in [1.807, 2.05) is 0 Å². The molecule has 24 heavy (non-hydrogen) atoms. The van der Waals surface area contributed by atoms with E-state index >= 15 is 0 Å². The molecule has 1 aromatic carbocycles. The Kier molecular flexibility index (Phi) is 4.08. The smallest absolute Gasteiger partial charge is 0.416 e. The molecule has 0 unspecified atom stereocenters. The van der Waals surface area contributed by atoms with Crippen molar-refractivity contribution in [3.8, 4) is 0 Å². The third kappa shape index (κ3) is 3.01. The molecule has 0 saturated carbocycles. The highest BCUT2D eigenvalue weighted by molar-refractivity contribution is 5.78. The first-order valence-corrected chi connectivity index (χ1v) is 7.25. The molecule has 0 spiro atoms. The van der Waals surface area contributed by atoms with Gasteiger partial charge in [-0.05, 0) is 25.1 Å². The standard InChI is InChI=1S/C15H13F3N4O2/c1-2-24-14(23)6-5-12-20-21-13-8-19-10-7-9(15(16,17)18)3-4-11(10)22(12)13/h3-4,7-8H,2,5-6H2,1H3. The summed E-state index contributed by atoms with van der Waals surface area (Å²) in [6.45, 7) is 1.99.